The van der Waals surface area contributed by atoms with Crippen molar-refractivity contribution in [2.24, 2.45) is 0 Å². The molecule has 0 saturated heterocycles. The van der Waals surface area contributed by atoms with E-state index in [-0.39, 0.29) is 6.42 Å². The molecule has 0 aliphatic heterocycles. The number of hydrogen-bond donors (Lipinski definition) is 1. The van der Waals surface area contributed by atoms with Crippen molar-refractivity contribution in [1.82, 2.24) is 0 Å². The maximum Gasteiger partial charge on any atom is 0.315 e. The maximum absolute atomic E-state index is 12.9. The minimum atomic E-state index is -1.01. The zero-order chi connectivity index (χ0) is 11.3. The molecule has 0 spiro atoms. The summed E-state index contributed by atoms with van der Waals surface area (Å²) in [6, 6.07) is 3.98. The van der Waals surface area contributed by atoms with Gasteiger partial charge in [0.2, 0.25) is 0 Å². The van der Waals surface area contributed by atoms with Gasteiger partial charge in [-0.05, 0) is 12.1 Å². The third-order valence-corrected chi connectivity index (χ3v) is 1.58. The molecule has 0 fully saturated rings. The molecule has 3 nitrogen and oxygen atoms in total. The van der Waals surface area contributed by atoms with Gasteiger partial charge in [-0.3, -0.25) is 4.79 Å². The van der Waals surface area contributed by atoms with Crippen LogP contribution in [-0.4, -0.2) is 18.2 Å². The number of carbonyl (C=O) groups is 1. The van der Waals surface area contributed by atoms with Crippen molar-refractivity contribution >= 4 is 5.97 Å². The highest BCUT2D eigenvalue weighted by atomic mass is 19.1. The lowest BCUT2D eigenvalue weighted by molar-refractivity contribution is -0.135. The molecule has 0 aliphatic carbocycles. The second kappa shape index (κ2) is 5.01. The van der Waals surface area contributed by atoms with Crippen LogP contribution in [0.5, 0.6) is 5.75 Å². The number of methoxy groups -OCH3 is 1. The molecule has 0 aromatic heterocycles. The van der Waals surface area contributed by atoms with E-state index in [4.69, 9.17) is 9.84 Å². The van der Waals surface area contributed by atoms with Gasteiger partial charge in [-0.2, -0.15) is 0 Å². The lowest BCUT2D eigenvalue weighted by atomic mass is 10.2. The van der Waals surface area contributed by atoms with Gasteiger partial charge in [0.05, 0.1) is 7.11 Å². The molecule has 1 aromatic carbocycles. The highest BCUT2D eigenvalue weighted by Crippen LogP contribution is 2.14. The Morgan fingerprint density at radius 1 is 1.53 bits per heavy atom. The first-order valence-corrected chi connectivity index (χ1v) is 4.17. The van der Waals surface area contributed by atoms with Gasteiger partial charge < -0.3 is 9.84 Å². The summed E-state index contributed by atoms with van der Waals surface area (Å²) in [5.74, 6) is 3.83. The van der Waals surface area contributed by atoms with Gasteiger partial charge in [0.15, 0.2) is 0 Å². The van der Waals surface area contributed by atoms with Crippen LogP contribution in [0.2, 0.25) is 0 Å². The summed E-state index contributed by atoms with van der Waals surface area (Å²) in [4.78, 5) is 10.2. The number of halogens is 1. The molecule has 1 rings (SSSR count). The zero-order valence-electron chi connectivity index (χ0n) is 8.08. The van der Waals surface area contributed by atoms with Crippen molar-refractivity contribution in [2.75, 3.05) is 7.11 Å². The average Bonchev–Trinajstić information content (AvgIpc) is 2.16. The van der Waals surface area contributed by atoms with Crippen molar-refractivity contribution < 1.29 is 19.0 Å². The van der Waals surface area contributed by atoms with E-state index in [9.17, 15) is 9.18 Å². The highest BCUT2D eigenvalue weighted by molar-refractivity contribution is 5.70. The first-order valence-electron chi connectivity index (χ1n) is 4.17. The van der Waals surface area contributed by atoms with Crippen molar-refractivity contribution in [3.05, 3.63) is 29.6 Å². The van der Waals surface area contributed by atoms with Crippen LogP contribution < -0.4 is 4.74 Å². The van der Waals surface area contributed by atoms with Crippen LogP contribution >= 0.6 is 0 Å². The largest absolute Gasteiger partial charge is 0.497 e. The molecule has 78 valence electrons. The van der Waals surface area contributed by atoms with Crippen molar-refractivity contribution in [1.29, 1.82) is 0 Å². The third kappa shape index (κ3) is 3.69. The summed E-state index contributed by atoms with van der Waals surface area (Å²) < 4.78 is 17.8. The van der Waals surface area contributed by atoms with Crippen molar-refractivity contribution in [2.45, 2.75) is 6.42 Å². The molecule has 1 N–H and O–H groups in total. The van der Waals surface area contributed by atoms with E-state index >= 15 is 0 Å². The van der Waals surface area contributed by atoms with E-state index in [1.165, 1.54) is 25.3 Å². The molecule has 0 bridgehead atoms. The summed E-state index contributed by atoms with van der Waals surface area (Å²) in [6.45, 7) is 0. The van der Waals surface area contributed by atoms with Crippen molar-refractivity contribution in [3.63, 3.8) is 0 Å². The van der Waals surface area contributed by atoms with Gasteiger partial charge in [-0.25, -0.2) is 4.39 Å². The maximum atomic E-state index is 12.9. The predicted molar refractivity (Wildman–Crippen MR) is 52.1 cm³/mol. The highest BCUT2D eigenvalue weighted by Gasteiger charge is 1.98. The van der Waals surface area contributed by atoms with Crippen LogP contribution in [0.25, 0.3) is 0 Å². The second-order valence-electron chi connectivity index (χ2n) is 2.75. The minimum absolute atomic E-state index is 0.265. The number of rotatable bonds is 2. The van der Waals surface area contributed by atoms with Crippen LogP contribution in [0.4, 0.5) is 4.39 Å². The Morgan fingerprint density at radius 2 is 2.27 bits per heavy atom. The Balaban J connectivity index is 2.88. The zero-order valence-corrected chi connectivity index (χ0v) is 8.08. The Morgan fingerprint density at radius 3 is 2.87 bits per heavy atom. The van der Waals surface area contributed by atoms with E-state index in [2.05, 4.69) is 11.8 Å². The molecule has 0 radical (unpaired) electrons. The Labute approximate surface area is 86.5 Å². The standard InChI is InChI=1S/C11H9FO3/c1-15-10-6-8(5-9(12)7-10)3-2-4-11(13)14/h5-7H,4H2,1H3,(H,13,14). The molecule has 0 unspecified atom stereocenters. The van der Waals surface area contributed by atoms with Gasteiger partial charge in [-0.1, -0.05) is 11.8 Å². The van der Waals surface area contributed by atoms with Gasteiger partial charge >= 0.3 is 5.97 Å². The van der Waals surface area contributed by atoms with Crippen LogP contribution in [-0.2, 0) is 4.79 Å². The lowest BCUT2D eigenvalue weighted by Crippen LogP contribution is -1.90. The van der Waals surface area contributed by atoms with Gasteiger partial charge in [-0.15, -0.1) is 0 Å². The summed E-state index contributed by atoms with van der Waals surface area (Å²) in [6.07, 6.45) is -0.265. The summed E-state index contributed by atoms with van der Waals surface area (Å²) in [7, 11) is 1.42. The Kier molecular flexibility index (Phi) is 3.69. The number of hydrogen-bond acceptors (Lipinski definition) is 2. The molecular formula is C11H9FO3. The monoisotopic (exact) mass is 208 g/mol. The van der Waals surface area contributed by atoms with E-state index in [0.29, 0.717) is 11.3 Å². The molecule has 0 heterocycles. The number of ether oxygens (including phenoxy) is 1. The number of carboxylic acids is 1. The van der Waals surface area contributed by atoms with Crippen molar-refractivity contribution in [3.8, 4) is 17.6 Å². The average molecular weight is 208 g/mol. The predicted octanol–water partition coefficient (Wildman–Crippen LogP) is 1.66. The van der Waals surface area contributed by atoms with Crippen LogP contribution in [0.15, 0.2) is 18.2 Å². The molecule has 0 amide bonds. The lowest BCUT2D eigenvalue weighted by Gasteiger charge is -1.99. The van der Waals surface area contributed by atoms with Crippen LogP contribution in [0, 0.1) is 17.7 Å². The quantitative estimate of drug-likeness (QED) is 0.752. The second-order valence-corrected chi connectivity index (χ2v) is 2.75. The SMILES string of the molecule is COc1cc(F)cc(C#CCC(=O)O)c1. The van der Waals surface area contributed by atoms with E-state index in [0.717, 1.165) is 0 Å². The fourth-order valence-corrected chi connectivity index (χ4v) is 0.975. The van der Waals surface area contributed by atoms with Crippen LogP contribution in [0.1, 0.15) is 12.0 Å². The molecular weight excluding hydrogens is 199 g/mol. The van der Waals surface area contributed by atoms with E-state index in [1.807, 2.05) is 0 Å². The van der Waals surface area contributed by atoms with Gasteiger partial charge in [0.1, 0.15) is 18.0 Å². The smallest absolute Gasteiger partial charge is 0.315 e. The Bertz CT molecular complexity index is 429. The number of carboxylic acid groups (broad SMARTS) is 1. The number of benzene rings is 1. The first-order chi connectivity index (χ1) is 7.11. The minimum Gasteiger partial charge on any atom is -0.497 e. The normalized spacial score (nSPS) is 8.93. The van der Waals surface area contributed by atoms with E-state index in [1.54, 1.807) is 0 Å². The Hall–Kier alpha value is -2.02. The fourth-order valence-electron chi connectivity index (χ4n) is 0.975. The summed E-state index contributed by atoms with van der Waals surface area (Å²) >= 11 is 0. The molecule has 0 aliphatic rings. The molecule has 15 heavy (non-hydrogen) atoms. The topological polar surface area (TPSA) is 46.5 Å². The summed E-state index contributed by atoms with van der Waals surface area (Å²) in [5, 5.41) is 8.35. The molecule has 0 saturated carbocycles. The number of aliphatic carboxylic acids is 1. The van der Waals surface area contributed by atoms with Crippen LogP contribution in [0.3, 0.4) is 0 Å². The first kappa shape index (κ1) is 11.1. The van der Waals surface area contributed by atoms with E-state index < -0.39 is 11.8 Å². The molecule has 1 aromatic rings. The molecule has 4 heteroatoms. The molecule has 0 atom stereocenters. The third-order valence-electron chi connectivity index (χ3n) is 1.58. The van der Waals surface area contributed by atoms with Gasteiger partial charge in [0.25, 0.3) is 0 Å². The summed E-state index contributed by atoms with van der Waals surface area (Å²) in [5.41, 5.74) is 0.396. The fraction of sp³-hybridized carbons (Fsp3) is 0.182. The van der Waals surface area contributed by atoms with Gasteiger partial charge in [0, 0.05) is 11.6 Å².